The molecular formula is C7H8N6O. The molecule has 7 nitrogen and oxygen atoms in total. The zero-order chi connectivity index (χ0) is 10.1. The van der Waals surface area contributed by atoms with Gasteiger partial charge in [-0.05, 0) is 17.4 Å². The summed E-state index contributed by atoms with van der Waals surface area (Å²) < 4.78 is 1.37. The van der Waals surface area contributed by atoms with E-state index >= 15 is 0 Å². The van der Waals surface area contributed by atoms with Crippen molar-refractivity contribution < 1.29 is 4.79 Å². The molecule has 2 aromatic rings. The number of hydrogen-bond donors (Lipinski definition) is 1. The number of anilines is 1. The average molecular weight is 192 g/mol. The molecule has 1 N–H and O–H groups in total. The number of hydrogen-bond acceptors (Lipinski definition) is 5. The number of aromatic nitrogens is 5. The molecule has 0 radical (unpaired) electrons. The monoisotopic (exact) mass is 192 g/mol. The van der Waals surface area contributed by atoms with E-state index in [-0.39, 0.29) is 5.91 Å². The Morgan fingerprint density at radius 2 is 2.36 bits per heavy atom. The second kappa shape index (κ2) is 3.02. The number of rotatable bonds is 1. The van der Waals surface area contributed by atoms with Gasteiger partial charge in [0.15, 0.2) is 5.65 Å². The number of amides is 1. The molecule has 2 aromatic heterocycles. The van der Waals surface area contributed by atoms with Gasteiger partial charge in [0.25, 0.3) is 0 Å². The van der Waals surface area contributed by atoms with E-state index in [1.807, 2.05) is 0 Å². The van der Waals surface area contributed by atoms with Crippen LogP contribution in [0.3, 0.4) is 0 Å². The summed E-state index contributed by atoms with van der Waals surface area (Å²) in [5, 5.41) is 13.5. The SMILES string of the molecule is CC(=O)Nc1nc(C)cc2nnnn12. The molecule has 0 unspecified atom stereocenters. The molecule has 7 heteroatoms. The molecule has 0 bridgehead atoms. The van der Waals surface area contributed by atoms with E-state index in [0.717, 1.165) is 5.69 Å². The van der Waals surface area contributed by atoms with Gasteiger partial charge < -0.3 is 0 Å². The van der Waals surface area contributed by atoms with Crippen LogP contribution in [0.2, 0.25) is 0 Å². The molecule has 0 saturated heterocycles. The highest BCUT2D eigenvalue weighted by atomic mass is 16.1. The highest BCUT2D eigenvalue weighted by molar-refractivity contribution is 5.87. The first-order valence-corrected chi connectivity index (χ1v) is 4.00. The van der Waals surface area contributed by atoms with E-state index < -0.39 is 0 Å². The van der Waals surface area contributed by atoms with Crippen LogP contribution in [-0.2, 0) is 4.79 Å². The molecule has 0 spiro atoms. The third-order valence-corrected chi connectivity index (χ3v) is 1.60. The van der Waals surface area contributed by atoms with Gasteiger partial charge in [0.2, 0.25) is 11.9 Å². The van der Waals surface area contributed by atoms with Gasteiger partial charge in [-0.15, -0.1) is 5.10 Å². The normalized spacial score (nSPS) is 10.4. The Balaban J connectivity index is 2.60. The minimum Gasteiger partial charge on any atom is -0.295 e. The zero-order valence-electron chi connectivity index (χ0n) is 7.72. The molecule has 0 aromatic carbocycles. The van der Waals surface area contributed by atoms with Crippen LogP contribution < -0.4 is 5.32 Å². The molecule has 0 aliphatic carbocycles. The minimum atomic E-state index is -0.208. The average Bonchev–Trinajstić information content (AvgIpc) is 2.50. The van der Waals surface area contributed by atoms with Gasteiger partial charge in [0.1, 0.15) is 0 Å². The van der Waals surface area contributed by atoms with Crippen molar-refractivity contribution in [1.82, 2.24) is 25.0 Å². The Morgan fingerprint density at radius 3 is 3.07 bits per heavy atom. The van der Waals surface area contributed by atoms with Gasteiger partial charge in [-0.2, -0.15) is 4.52 Å². The molecule has 72 valence electrons. The van der Waals surface area contributed by atoms with Crippen LogP contribution in [-0.4, -0.2) is 30.9 Å². The third-order valence-electron chi connectivity index (χ3n) is 1.60. The lowest BCUT2D eigenvalue weighted by atomic mass is 10.4. The number of aryl methyl sites for hydroxylation is 1. The second-order valence-corrected chi connectivity index (χ2v) is 2.85. The van der Waals surface area contributed by atoms with Crippen LogP contribution >= 0.6 is 0 Å². The Bertz CT molecular complexity index is 490. The first-order chi connectivity index (χ1) is 6.66. The summed E-state index contributed by atoms with van der Waals surface area (Å²) in [5.41, 5.74) is 1.30. The van der Waals surface area contributed by atoms with E-state index in [1.165, 1.54) is 11.4 Å². The van der Waals surface area contributed by atoms with Crippen molar-refractivity contribution in [1.29, 1.82) is 0 Å². The van der Waals surface area contributed by atoms with Crippen LogP contribution in [0.15, 0.2) is 6.07 Å². The van der Waals surface area contributed by atoms with E-state index in [9.17, 15) is 4.79 Å². The first kappa shape index (κ1) is 8.54. The summed E-state index contributed by atoms with van der Waals surface area (Å²) in [6.07, 6.45) is 0. The van der Waals surface area contributed by atoms with Crippen molar-refractivity contribution >= 4 is 17.5 Å². The molecular weight excluding hydrogens is 184 g/mol. The number of nitrogens with zero attached hydrogens (tertiary/aromatic N) is 5. The number of tetrazole rings is 1. The standard InChI is InChI=1S/C7H8N6O/c1-4-3-6-10-11-12-13(6)7(8-4)9-5(2)14/h3H,1-2H3,(H,8,9,14). The molecule has 1 amide bonds. The Morgan fingerprint density at radius 1 is 1.57 bits per heavy atom. The summed E-state index contributed by atoms with van der Waals surface area (Å²) >= 11 is 0. The van der Waals surface area contributed by atoms with Gasteiger partial charge in [-0.3, -0.25) is 10.1 Å². The molecule has 0 saturated carbocycles. The lowest BCUT2D eigenvalue weighted by Gasteiger charge is -2.02. The highest BCUT2D eigenvalue weighted by Gasteiger charge is 2.07. The Labute approximate surface area is 79.1 Å². The number of fused-ring (bicyclic) bond motifs is 1. The van der Waals surface area contributed by atoms with Crippen molar-refractivity contribution in [2.45, 2.75) is 13.8 Å². The molecule has 14 heavy (non-hydrogen) atoms. The Kier molecular flexibility index (Phi) is 1.84. The van der Waals surface area contributed by atoms with E-state index in [2.05, 4.69) is 25.8 Å². The van der Waals surface area contributed by atoms with Gasteiger partial charge in [-0.25, -0.2) is 4.98 Å². The fraction of sp³-hybridized carbons (Fsp3) is 0.286. The van der Waals surface area contributed by atoms with Gasteiger partial charge >= 0.3 is 0 Å². The smallest absolute Gasteiger partial charge is 0.234 e. The lowest BCUT2D eigenvalue weighted by molar-refractivity contribution is -0.114. The number of carbonyl (C=O) groups is 1. The topological polar surface area (TPSA) is 85.1 Å². The van der Waals surface area contributed by atoms with Crippen LogP contribution in [0.1, 0.15) is 12.6 Å². The maximum atomic E-state index is 10.9. The maximum absolute atomic E-state index is 10.9. The lowest BCUT2D eigenvalue weighted by Crippen LogP contribution is -2.12. The molecule has 2 rings (SSSR count). The summed E-state index contributed by atoms with van der Waals surface area (Å²) in [6.45, 7) is 3.21. The largest absolute Gasteiger partial charge is 0.295 e. The summed E-state index contributed by atoms with van der Waals surface area (Å²) in [7, 11) is 0. The van der Waals surface area contributed by atoms with Crippen molar-refractivity contribution in [2.24, 2.45) is 0 Å². The molecule has 2 heterocycles. The van der Waals surface area contributed by atoms with Gasteiger partial charge in [0.05, 0.1) is 0 Å². The predicted octanol–water partition coefficient (Wildman–Crippen LogP) is -0.214. The quantitative estimate of drug-likeness (QED) is 0.675. The van der Waals surface area contributed by atoms with Crippen LogP contribution in [0, 0.1) is 6.92 Å². The number of carbonyl (C=O) groups excluding carboxylic acids is 1. The summed E-state index contributed by atoms with van der Waals surface area (Å²) in [6, 6.07) is 1.73. The molecule has 0 atom stereocenters. The van der Waals surface area contributed by atoms with Crippen LogP contribution in [0.25, 0.3) is 5.65 Å². The maximum Gasteiger partial charge on any atom is 0.234 e. The van der Waals surface area contributed by atoms with E-state index in [1.54, 1.807) is 13.0 Å². The first-order valence-electron chi connectivity index (χ1n) is 4.00. The zero-order valence-corrected chi connectivity index (χ0v) is 7.72. The van der Waals surface area contributed by atoms with Crippen molar-refractivity contribution in [3.8, 4) is 0 Å². The molecule has 0 fully saturated rings. The fourth-order valence-corrected chi connectivity index (χ4v) is 1.11. The van der Waals surface area contributed by atoms with Crippen molar-refractivity contribution in [3.63, 3.8) is 0 Å². The second-order valence-electron chi connectivity index (χ2n) is 2.85. The Hall–Kier alpha value is -2.05. The minimum absolute atomic E-state index is 0.208. The summed E-state index contributed by atoms with van der Waals surface area (Å²) in [4.78, 5) is 15.0. The molecule has 0 aliphatic rings. The van der Waals surface area contributed by atoms with Crippen LogP contribution in [0.4, 0.5) is 5.95 Å². The van der Waals surface area contributed by atoms with Crippen LogP contribution in [0.5, 0.6) is 0 Å². The number of nitrogens with one attached hydrogen (secondary N) is 1. The van der Waals surface area contributed by atoms with Crippen molar-refractivity contribution in [2.75, 3.05) is 5.32 Å². The predicted molar refractivity (Wildman–Crippen MR) is 47.6 cm³/mol. The van der Waals surface area contributed by atoms with E-state index in [0.29, 0.717) is 11.6 Å². The van der Waals surface area contributed by atoms with Gasteiger partial charge in [-0.1, -0.05) is 0 Å². The summed E-state index contributed by atoms with van der Waals surface area (Å²) in [5.74, 6) is 0.123. The fourth-order valence-electron chi connectivity index (χ4n) is 1.11. The molecule has 0 aliphatic heterocycles. The van der Waals surface area contributed by atoms with E-state index in [4.69, 9.17) is 0 Å². The highest BCUT2D eigenvalue weighted by Crippen LogP contribution is 2.07. The third kappa shape index (κ3) is 1.39. The van der Waals surface area contributed by atoms with Crippen molar-refractivity contribution in [3.05, 3.63) is 11.8 Å². The van der Waals surface area contributed by atoms with Gasteiger partial charge in [0, 0.05) is 18.7 Å².